The molecular formula is C15H10Br2N2O. The van der Waals surface area contributed by atoms with Gasteiger partial charge in [-0.15, -0.1) is 0 Å². The van der Waals surface area contributed by atoms with E-state index in [0.29, 0.717) is 6.61 Å². The Balaban J connectivity index is 1.87. The Morgan fingerprint density at radius 3 is 2.75 bits per heavy atom. The van der Waals surface area contributed by atoms with Gasteiger partial charge in [-0.05, 0) is 39.7 Å². The maximum absolute atomic E-state index is 5.86. The quantitative estimate of drug-likeness (QED) is 0.644. The molecule has 0 atom stereocenters. The van der Waals surface area contributed by atoms with Gasteiger partial charge in [0.25, 0.3) is 0 Å². The number of rotatable bonds is 3. The van der Waals surface area contributed by atoms with Crippen LogP contribution in [0.15, 0.2) is 57.7 Å². The van der Waals surface area contributed by atoms with E-state index < -0.39 is 0 Å². The van der Waals surface area contributed by atoms with E-state index in [2.05, 4.69) is 41.8 Å². The van der Waals surface area contributed by atoms with E-state index in [1.54, 1.807) is 12.4 Å². The van der Waals surface area contributed by atoms with Crippen LogP contribution >= 0.6 is 31.9 Å². The molecule has 0 aliphatic rings. The SMILES string of the molecule is Brc1cccc(COc2ccnc3cc(Br)cnc23)c1. The Morgan fingerprint density at radius 1 is 1.00 bits per heavy atom. The van der Waals surface area contributed by atoms with Crippen LogP contribution in [0.3, 0.4) is 0 Å². The van der Waals surface area contributed by atoms with E-state index in [9.17, 15) is 0 Å². The van der Waals surface area contributed by atoms with Crippen molar-refractivity contribution in [2.45, 2.75) is 6.61 Å². The number of hydrogen-bond donors (Lipinski definition) is 0. The van der Waals surface area contributed by atoms with Gasteiger partial charge in [0.2, 0.25) is 0 Å². The van der Waals surface area contributed by atoms with Crippen molar-refractivity contribution in [2.24, 2.45) is 0 Å². The predicted molar refractivity (Wildman–Crippen MR) is 85.7 cm³/mol. The second-order valence-corrected chi connectivity index (χ2v) is 6.08. The highest BCUT2D eigenvalue weighted by molar-refractivity contribution is 9.10. The van der Waals surface area contributed by atoms with Crippen molar-refractivity contribution in [3.05, 3.63) is 63.3 Å². The lowest BCUT2D eigenvalue weighted by Gasteiger charge is -2.08. The molecule has 0 aliphatic heterocycles. The third-order valence-electron chi connectivity index (χ3n) is 2.79. The summed E-state index contributed by atoms with van der Waals surface area (Å²) in [5.41, 5.74) is 2.68. The fraction of sp³-hybridized carbons (Fsp3) is 0.0667. The first-order chi connectivity index (χ1) is 9.72. The van der Waals surface area contributed by atoms with Crippen molar-refractivity contribution >= 4 is 42.9 Å². The summed E-state index contributed by atoms with van der Waals surface area (Å²) < 4.78 is 7.81. The van der Waals surface area contributed by atoms with Crippen molar-refractivity contribution in [2.75, 3.05) is 0 Å². The minimum Gasteiger partial charge on any atom is -0.486 e. The van der Waals surface area contributed by atoms with Gasteiger partial charge in [-0.3, -0.25) is 4.98 Å². The molecule has 0 saturated heterocycles. The van der Waals surface area contributed by atoms with Gasteiger partial charge in [0, 0.05) is 27.4 Å². The van der Waals surface area contributed by atoms with Crippen LogP contribution in [0.1, 0.15) is 5.56 Å². The van der Waals surface area contributed by atoms with Crippen molar-refractivity contribution in [1.82, 2.24) is 9.97 Å². The van der Waals surface area contributed by atoms with E-state index in [1.165, 1.54) is 0 Å². The summed E-state index contributed by atoms with van der Waals surface area (Å²) in [6.07, 6.45) is 3.47. The third-order valence-corrected chi connectivity index (χ3v) is 3.72. The highest BCUT2D eigenvalue weighted by Gasteiger charge is 2.05. The Kier molecular flexibility index (Phi) is 3.98. The number of benzene rings is 1. The number of nitrogens with zero attached hydrogens (tertiary/aromatic N) is 2. The molecule has 0 bridgehead atoms. The topological polar surface area (TPSA) is 35.0 Å². The van der Waals surface area contributed by atoms with Gasteiger partial charge in [-0.25, -0.2) is 4.98 Å². The molecule has 0 aliphatic carbocycles. The summed E-state index contributed by atoms with van der Waals surface area (Å²) in [5.74, 6) is 0.738. The maximum atomic E-state index is 5.86. The lowest BCUT2D eigenvalue weighted by Crippen LogP contribution is -1.97. The van der Waals surface area contributed by atoms with Crippen molar-refractivity contribution in [3.8, 4) is 5.75 Å². The minimum absolute atomic E-state index is 0.496. The molecule has 0 N–H and O–H groups in total. The van der Waals surface area contributed by atoms with Crippen LogP contribution < -0.4 is 4.74 Å². The molecule has 3 nitrogen and oxygen atoms in total. The van der Waals surface area contributed by atoms with E-state index in [0.717, 1.165) is 31.3 Å². The molecule has 0 amide bonds. The first kappa shape index (κ1) is 13.5. The van der Waals surface area contributed by atoms with Gasteiger partial charge < -0.3 is 4.74 Å². The van der Waals surface area contributed by atoms with E-state index in [1.807, 2.05) is 36.4 Å². The highest BCUT2D eigenvalue weighted by Crippen LogP contribution is 2.25. The van der Waals surface area contributed by atoms with Crippen LogP contribution in [0.5, 0.6) is 5.75 Å². The second kappa shape index (κ2) is 5.89. The molecule has 0 fully saturated rings. The Bertz CT molecular complexity index is 762. The van der Waals surface area contributed by atoms with E-state index in [4.69, 9.17) is 4.74 Å². The smallest absolute Gasteiger partial charge is 0.149 e. The van der Waals surface area contributed by atoms with Gasteiger partial charge in [0.1, 0.15) is 17.9 Å². The van der Waals surface area contributed by atoms with Crippen LogP contribution in [0.25, 0.3) is 11.0 Å². The maximum Gasteiger partial charge on any atom is 0.149 e. The minimum atomic E-state index is 0.496. The zero-order valence-corrected chi connectivity index (χ0v) is 13.6. The van der Waals surface area contributed by atoms with Crippen LogP contribution in [0.4, 0.5) is 0 Å². The van der Waals surface area contributed by atoms with E-state index in [-0.39, 0.29) is 0 Å². The fourth-order valence-corrected chi connectivity index (χ4v) is 2.65. The molecule has 5 heteroatoms. The van der Waals surface area contributed by atoms with Crippen LogP contribution in [-0.2, 0) is 6.61 Å². The third kappa shape index (κ3) is 2.99. The highest BCUT2D eigenvalue weighted by atomic mass is 79.9. The molecule has 2 aromatic heterocycles. The number of hydrogen-bond acceptors (Lipinski definition) is 3. The van der Waals surface area contributed by atoms with Crippen LogP contribution in [0, 0.1) is 0 Å². The van der Waals surface area contributed by atoms with Gasteiger partial charge >= 0.3 is 0 Å². The van der Waals surface area contributed by atoms with Gasteiger partial charge in [-0.2, -0.15) is 0 Å². The average molecular weight is 394 g/mol. The molecular weight excluding hydrogens is 384 g/mol. The number of ether oxygens (including phenoxy) is 1. The second-order valence-electron chi connectivity index (χ2n) is 4.25. The lowest BCUT2D eigenvalue weighted by molar-refractivity contribution is 0.309. The molecule has 0 unspecified atom stereocenters. The van der Waals surface area contributed by atoms with Crippen LogP contribution in [0.2, 0.25) is 0 Å². The largest absolute Gasteiger partial charge is 0.486 e. The summed E-state index contributed by atoms with van der Waals surface area (Å²) in [7, 11) is 0. The number of aromatic nitrogens is 2. The summed E-state index contributed by atoms with van der Waals surface area (Å²) in [4.78, 5) is 8.66. The number of fused-ring (bicyclic) bond motifs is 1. The van der Waals surface area contributed by atoms with Gasteiger partial charge in [0.05, 0.1) is 5.52 Å². The summed E-state index contributed by atoms with van der Waals surface area (Å²) in [6.45, 7) is 0.496. The van der Waals surface area contributed by atoms with Crippen molar-refractivity contribution in [1.29, 1.82) is 0 Å². The molecule has 0 saturated carbocycles. The molecule has 100 valence electrons. The number of halogens is 2. The van der Waals surface area contributed by atoms with Crippen LogP contribution in [-0.4, -0.2) is 9.97 Å². The summed E-state index contributed by atoms with van der Waals surface area (Å²) in [6, 6.07) is 11.8. The molecule has 0 radical (unpaired) electrons. The molecule has 3 aromatic rings. The Labute approximate surface area is 133 Å². The normalized spacial score (nSPS) is 10.7. The zero-order valence-electron chi connectivity index (χ0n) is 10.4. The molecule has 20 heavy (non-hydrogen) atoms. The van der Waals surface area contributed by atoms with Gasteiger partial charge in [0.15, 0.2) is 0 Å². The summed E-state index contributed by atoms with van der Waals surface area (Å²) in [5, 5.41) is 0. The zero-order chi connectivity index (χ0) is 13.9. The van der Waals surface area contributed by atoms with E-state index >= 15 is 0 Å². The Hall–Kier alpha value is -1.46. The first-order valence-electron chi connectivity index (χ1n) is 6.00. The fourth-order valence-electron chi connectivity index (χ4n) is 1.89. The molecule has 0 spiro atoms. The van der Waals surface area contributed by atoms with Gasteiger partial charge in [-0.1, -0.05) is 28.1 Å². The monoisotopic (exact) mass is 392 g/mol. The molecule has 2 heterocycles. The molecule has 3 rings (SSSR count). The average Bonchev–Trinajstić information content (AvgIpc) is 2.44. The van der Waals surface area contributed by atoms with Crippen molar-refractivity contribution < 1.29 is 4.74 Å². The van der Waals surface area contributed by atoms with Crippen molar-refractivity contribution in [3.63, 3.8) is 0 Å². The standard InChI is InChI=1S/C15H10Br2N2O/c16-11-3-1-2-10(6-11)9-20-14-4-5-18-13-7-12(17)8-19-15(13)14/h1-8H,9H2. The lowest BCUT2D eigenvalue weighted by atomic mass is 10.2. The molecule has 1 aromatic carbocycles. The first-order valence-corrected chi connectivity index (χ1v) is 7.58. The number of pyridine rings is 2. The Morgan fingerprint density at radius 2 is 1.90 bits per heavy atom. The summed E-state index contributed by atoms with van der Waals surface area (Å²) >= 11 is 6.85. The predicted octanol–water partition coefficient (Wildman–Crippen LogP) is 4.73.